The van der Waals surface area contributed by atoms with Gasteiger partial charge in [0.1, 0.15) is 5.69 Å². The van der Waals surface area contributed by atoms with Gasteiger partial charge in [0.15, 0.2) is 5.43 Å². The molecular weight excluding hydrogens is 302 g/mol. The van der Waals surface area contributed by atoms with E-state index in [1.807, 2.05) is 30.3 Å². The van der Waals surface area contributed by atoms with Gasteiger partial charge in [0.2, 0.25) is 0 Å². The van der Waals surface area contributed by atoms with Gasteiger partial charge in [-0.1, -0.05) is 41.9 Å². The Morgan fingerprint density at radius 1 is 1.14 bits per heavy atom. The number of hydrogen-bond acceptors (Lipinski definition) is 2. The zero-order valence-corrected chi connectivity index (χ0v) is 12.5. The minimum Gasteiger partial charge on any atom is -0.477 e. The van der Waals surface area contributed by atoms with Crippen molar-refractivity contribution in [1.29, 1.82) is 0 Å². The number of halogens is 1. The minimum absolute atomic E-state index is 0.120. The van der Waals surface area contributed by atoms with Crippen LogP contribution in [0.2, 0.25) is 5.02 Å². The molecule has 0 amide bonds. The summed E-state index contributed by atoms with van der Waals surface area (Å²) < 4.78 is 1.54. The van der Waals surface area contributed by atoms with E-state index in [9.17, 15) is 14.7 Å². The fourth-order valence-electron chi connectivity index (χ4n) is 2.62. The second-order valence-electron chi connectivity index (χ2n) is 5.00. The molecule has 1 aromatic carbocycles. The second-order valence-corrected chi connectivity index (χ2v) is 5.41. The van der Waals surface area contributed by atoms with E-state index in [0.29, 0.717) is 11.1 Å². The van der Waals surface area contributed by atoms with Crippen LogP contribution in [0.3, 0.4) is 0 Å². The van der Waals surface area contributed by atoms with E-state index < -0.39 is 5.97 Å². The fraction of sp³-hybridized carbons (Fsp3) is 0.0588. The first-order chi connectivity index (χ1) is 10.5. The highest BCUT2D eigenvalue weighted by Gasteiger charge is 2.22. The van der Waals surface area contributed by atoms with Gasteiger partial charge >= 0.3 is 5.97 Å². The van der Waals surface area contributed by atoms with Gasteiger partial charge in [-0.05, 0) is 23.3 Å². The largest absolute Gasteiger partial charge is 0.477 e. The summed E-state index contributed by atoms with van der Waals surface area (Å²) in [5.41, 5.74) is 2.36. The first-order valence-electron chi connectivity index (χ1n) is 6.60. The van der Waals surface area contributed by atoms with Crippen molar-refractivity contribution in [1.82, 2.24) is 4.57 Å². The number of pyridine rings is 1. The van der Waals surface area contributed by atoms with Gasteiger partial charge in [0.25, 0.3) is 0 Å². The van der Waals surface area contributed by atoms with Crippen molar-refractivity contribution < 1.29 is 9.90 Å². The average molecular weight is 314 g/mol. The summed E-state index contributed by atoms with van der Waals surface area (Å²) >= 11 is 5.90. The lowest BCUT2D eigenvalue weighted by Gasteiger charge is -2.19. The summed E-state index contributed by atoms with van der Waals surface area (Å²) in [4.78, 5) is 23.6. The van der Waals surface area contributed by atoms with Crippen LogP contribution in [0.5, 0.6) is 0 Å². The molecule has 0 bridgehead atoms. The number of carboxylic acid groups (broad SMARTS) is 1. The van der Waals surface area contributed by atoms with Crippen molar-refractivity contribution in [3.05, 3.63) is 69.6 Å². The number of aromatic nitrogens is 1. The third kappa shape index (κ3) is 2.27. The third-order valence-corrected chi connectivity index (χ3v) is 3.86. The molecule has 0 fully saturated rings. The van der Waals surface area contributed by atoms with Crippen LogP contribution in [-0.2, 0) is 7.05 Å². The van der Waals surface area contributed by atoms with Crippen LogP contribution in [0.15, 0.2) is 53.5 Å². The lowest BCUT2D eigenvalue weighted by atomic mass is 9.92. The molecule has 110 valence electrons. The number of aromatic carboxylic acids is 1. The predicted molar refractivity (Wildman–Crippen MR) is 85.7 cm³/mol. The Morgan fingerprint density at radius 2 is 1.82 bits per heavy atom. The highest BCUT2D eigenvalue weighted by Crippen LogP contribution is 2.36. The molecule has 1 aliphatic carbocycles. The lowest BCUT2D eigenvalue weighted by Crippen LogP contribution is -2.14. The molecule has 0 saturated heterocycles. The Labute approximate surface area is 131 Å². The van der Waals surface area contributed by atoms with Crippen LogP contribution in [-0.4, -0.2) is 15.6 Å². The maximum Gasteiger partial charge on any atom is 0.353 e. The summed E-state index contributed by atoms with van der Waals surface area (Å²) in [6.07, 6.45) is 1.66. The van der Waals surface area contributed by atoms with E-state index >= 15 is 0 Å². The number of rotatable bonds is 2. The number of aryl methyl sites for hydroxylation is 1. The highest BCUT2D eigenvalue weighted by molar-refractivity contribution is 6.31. The molecule has 4 nitrogen and oxygen atoms in total. The van der Waals surface area contributed by atoms with Crippen LogP contribution < -0.4 is 5.43 Å². The Morgan fingerprint density at radius 3 is 2.45 bits per heavy atom. The van der Waals surface area contributed by atoms with Crippen molar-refractivity contribution >= 4 is 17.6 Å². The first-order valence-corrected chi connectivity index (χ1v) is 6.98. The molecule has 1 N–H and O–H groups in total. The van der Waals surface area contributed by atoms with E-state index in [0.717, 1.165) is 11.1 Å². The first kappa shape index (κ1) is 14.4. The number of carbonyl (C=O) groups is 1. The zero-order valence-electron chi connectivity index (χ0n) is 11.7. The van der Waals surface area contributed by atoms with Crippen molar-refractivity contribution in [3.63, 3.8) is 0 Å². The standard InChI is InChI=1S/C17H12ClNO3/c1-19-9-11-7-13(18)14(20)8-12(11)15(16(19)17(21)22)10-5-3-2-4-6-10/h2-9H,1H3,(H,21,22). The molecule has 0 spiro atoms. The number of carboxylic acids is 1. The van der Waals surface area contributed by atoms with E-state index in [-0.39, 0.29) is 16.1 Å². The molecule has 0 saturated carbocycles. The molecule has 22 heavy (non-hydrogen) atoms. The average Bonchev–Trinajstić information content (AvgIpc) is 2.48. The number of nitrogens with zero attached hydrogens (tertiary/aromatic N) is 1. The molecule has 0 aromatic heterocycles. The van der Waals surface area contributed by atoms with Crippen LogP contribution >= 0.6 is 11.6 Å². The summed E-state index contributed by atoms with van der Waals surface area (Å²) in [6.45, 7) is 0. The number of fused-ring (bicyclic) bond motifs is 1. The maximum atomic E-state index is 11.9. The quantitative estimate of drug-likeness (QED) is 0.787. The maximum absolute atomic E-state index is 11.9. The lowest BCUT2D eigenvalue weighted by molar-refractivity contribution is 0.0686. The van der Waals surface area contributed by atoms with E-state index in [2.05, 4.69) is 0 Å². The fourth-order valence-corrected chi connectivity index (χ4v) is 2.80. The molecule has 5 heteroatoms. The van der Waals surface area contributed by atoms with Gasteiger partial charge < -0.3 is 9.67 Å². The minimum atomic E-state index is -1.05. The summed E-state index contributed by atoms with van der Waals surface area (Å²) in [6, 6.07) is 12.1. The van der Waals surface area contributed by atoms with Crippen molar-refractivity contribution in [2.24, 2.45) is 7.05 Å². The van der Waals surface area contributed by atoms with Crippen LogP contribution in [0.1, 0.15) is 10.5 Å². The SMILES string of the molecule is Cn1cc2cc(Cl)c(=O)cc-2c(-c2ccccc2)c1C(=O)O. The van der Waals surface area contributed by atoms with Crippen LogP contribution in [0.4, 0.5) is 0 Å². The Bertz CT molecular complexity index is 900. The zero-order chi connectivity index (χ0) is 15.9. The van der Waals surface area contributed by atoms with Gasteiger partial charge in [0.05, 0.1) is 5.02 Å². The van der Waals surface area contributed by atoms with Crippen molar-refractivity contribution in [2.45, 2.75) is 0 Å². The summed E-state index contributed by atoms with van der Waals surface area (Å²) in [5, 5.41) is 9.69. The Balaban J connectivity index is 2.51. The number of benzene rings is 2. The summed E-state index contributed by atoms with van der Waals surface area (Å²) in [5.74, 6) is -1.05. The van der Waals surface area contributed by atoms with Crippen molar-refractivity contribution in [2.75, 3.05) is 0 Å². The van der Waals surface area contributed by atoms with E-state index in [4.69, 9.17) is 11.6 Å². The van der Waals surface area contributed by atoms with Gasteiger partial charge in [-0.15, -0.1) is 0 Å². The molecular formula is C17H12ClNO3. The second kappa shape index (κ2) is 5.31. The van der Waals surface area contributed by atoms with Crippen molar-refractivity contribution in [3.8, 4) is 22.3 Å². The molecule has 0 unspecified atom stereocenters. The highest BCUT2D eigenvalue weighted by atomic mass is 35.5. The van der Waals surface area contributed by atoms with Crippen LogP contribution in [0, 0.1) is 0 Å². The Kier molecular flexibility index (Phi) is 3.47. The molecule has 2 aliphatic rings. The topological polar surface area (TPSA) is 59.3 Å². The molecule has 1 aromatic rings. The number of hydrogen-bond donors (Lipinski definition) is 1. The Hall–Kier alpha value is -2.59. The predicted octanol–water partition coefficient (Wildman–Crippen LogP) is 3.51. The van der Waals surface area contributed by atoms with Gasteiger partial charge in [-0.25, -0.2) is 4.79 Å². The molecule has 0 atom stereocenters. The molecule has 1 aliphatic heterocycles. The molecule has 3 rings (SSSR count). The monoisotopic (exact) mass is 313 g/mol. The third-order valence-electron chi connectivity index (χ3n) is 3.56. The van der Waals surface area contributed by atoms with Crippen LogP contribution in [0.25, 0.3) is 22.3 Å². The van der Waals surface area contributed by atoms with Gasteiger partial charge in [-0.3, -0.25) is 4.79 Å². The van der Waals surface area contributed by atoms with Gasteiger partial charge in [0, 0.05) is 24.4 Å². The normalized spacial score (nSPS) is 10.8. The van der Waals surface area contributed by atoms with Gasteiger partial charge in [-0.2, -0.15) is 0 Å². The smallest absolute Gasteiger partial charge is 0.353 e. The molecule has 1 heterocycles. The van der Waals surface area contributed by atoms with E-state index in [1.165, 1.54) is 10.6 Å². The van der Waals surface area contributed by atoms with E-state index in [1.54, 1.807) is 19.3 Å². The molecule has 0 radical (unpaired) electrons. The summed E-state index contributed by atoms with van der Waals surface area (Å²) in [7, 11) is 1.66.